The van der Waals surface area contributed by atoms with Gasteiger partial charge in [0.1, 0.15) is 11.4 Å². The zero-order valence-electron chi connectivity index (χ0n) is 10.5. The van der Waals surface area contributed by atoms with Gasteiger partial charge in [0, 0.05) is 6.07 Å². The molecule has 0 N–H and O–H groups in total. The lowest BCUT2D eigenvalue weighted by atomic mass is 10.2. The largest absolute Gasteiger partial charge is 0.573 e. The fraction of sp³-hybridized carbons (Fsp3) is 0.455. The maximum Gasteiger partial charge on any atom is 0.573 e. The molecule has 0 radical (unpaired) electrons. The summed E-state index contributed by atoms with van der Waals surface area (Å²) in [5.74, 6) is -1.61. The Morgan fingerprint density at radius 2 is 2.05 bits per heavy atom. The van der Waals surface area contributed by atoms with Gasteiger partial charge in [0.25, 0.3) is 6.43 Å². The smallest absolute Gasteiger partial charge is 0.466 e. The lowest BCUT2D eigenvalue weighted by Crippen LogP contribution is -2.19. The summed E-state index contributed by atoms with van der Waals surface area (Å²) in [5.41, 5.74) is -1.17. The van der Waals surface area contributed by atoms with Crippen LogP contribution in [0.25, 0.3) is 0 Å². The van der Waals surface area contributed by atoms with Gasteiger partial charge in [-0.25, -0.2) is 13.8 Å². The molecule has 0 amide bonds. The minimum atomic E-state index is -5.04. The Balaban J connectivity index is 3.19. The fourth-order valence-corrected chi connectivity index (χ4v) is 1.93. The highest BCUT2D eigenvalue weighted by atomic mass is 127. The van der Waals surface area contributed by atoms with E-state index >= 15 is 0 Å². The molecule has 0 fully saturated rings. The first-order valence-electron chi connectivity index (χ1n) is 5.52. The quantitative estimate of drug-likeness (QED) is 0.411. The lowest BCUT2D eigenvalue weighted by molar-refractivity contribution is -0.275. The van der Waals surface area contributed by atoms with Crippen LogP contribution in [0.4, 0.5) is 22.0 Å². The second-order valence-electron chi connectivity index (χ2n) is 3.64. The molecule has 0 aliphatic rings. The average Bonchev–Trinajstić information content (AvgIpc) is 2.32. The molecule has 21 heavy (non-hydrogen) atoms. The molecular weight excluding hydrogens is 416 g/mol. The Hall–Kier alpha value is -1.20. The molecule has 0 aliphatic carbocycles. The summed E-state index contributed by atoms with van der Waals surface area (Å²) in [6.07, 6.45) is -8.67. The van der Waals surface area contributed by atoms with Crippen LogP contribution in [0.1, 0.15) is 24.7 Å². The zero-order valence-corrected chi connectivity index (χ0v) is 12.7. The van der Waals surface area contributed by atoms with Crippen LogP contribution in [0.2, 0.25) is 0 Å². The number of carbonyl (C=O) groups is 1. The number of hydrogen-bond donors (Lipinski definition) is 0. The van der Waals surface area contributed by atoms with Crippen LogP contribution >= 0.6 is 22.6 Å². The van der Waals surface area contributed by atoms with Crippen molar-refractivity contribution in [3.8, 4) is 5.75 Å². The van der Waals surface area contributed by atoms with Gasteiger partial charge in [-0.15, -0.1) is 13.2 Å². The van der Waals surface area contributed by atoms with Gasteiger partial charge in [0.2, 0.25) is 0 Å². The number of aromatic nitrogens is 1. The van der Waals surface area contributed by atoms with Crippen LogP contribution in [-0.4, -0.2) is 23.9 Å². The normalized spacial score (nSPS) is 11.6. The number of hydrogen-bond acceptors (Lipinski definition) is 4. The molecule has 0 aromatic carbocycles. The van der Waals surface area contributed by atoms with Crippen molar-refractivity contribution in [3.05, 3.63) is 21.0 Å². The molecule has 1 aromatic rings. The lowest BCUT2D eigenvalue weighted by Gasteiger charge is -2.14. The number of alkyl halides is 5. The maximum absolute atomic E-state index is 12.7. The summed E-state index contributed by atoms with van der Waals surface area (Å²) < 4.78 is 70.2. The second kappa shape index (κ2) is 7.18. The van der Waals surface area contributed by atoms with Gasteiger partial charge in [0.05, 0.1) is 22.3 Å². The maximum atomic E-state index is 12.7. The van der Waals surface area contributed by atoms with Gasteiger partial charge in [-0.05, 0) is 29.5 Å². The minimum Gasteiger partial charge on any atom is -0.466 e. The highest BCUT2D eigenvalue weighted by Gasteiger charge is 2.33. The second-order valence-corrected chi connectivity index (χ2v) is 4.71. The van der Waals surface area contributed by atoms with Gasteiger partial charge in [0.15, 0.2) is 0 Å². The van der Waals surface area contributed by atoms with E-state index in [0.29, 0.717) is 6.07 Å². The van der Waals surface area contributed by atoms with Gasteiger partial charge >= 0.3 is 12.3 Å². The SMILES string of the molecule is CCOC(=O)Cc1nc(C(F)F)cc(OC(F)(F)F)c1I. The topological polar surface area (TPSA) is 48.4 Å². The van der Waals surface area contributed by atoms with Gasteiger partial charge in [-0.2, -0.15) is 0 Å². The van der Waals surface area contributed by atoms with E-state index in [1.807, 2.05) is 0 Å². The van der Waals surface area contributed by atoms with Crippen molar-refractivity contribution in [2.45, 2.75) is 26.1 Å². The molecule has 0 saturated carbocycles. The van der Waals surface area contributed by atoms with Gasteiger partial charge < -0.3 is 9.47 Å². The zero-order chi connectivity index (χ0) is 16.2. The predicted octanol–water partition coefficient (Wildman–Crippen LogP) is 3.63. The molecule has 1 rings (SSSR count). The molecule has 10 heteroatoms. The Labute approximate surface area is 129 Å². The number of carbonyl (C=O) groups excluding carboxylic acids is 1. The first kappa shape index (κ1) is 17.9. The van der Waals surface area contributed by atoms with Crippen LogP contribution in [0, 0.1) is 3.57 Å². The van der Waals surface area contributed by atoms with E-state index in [4.69, 9.17) is 0 Å². The van der Waals surface area contributed by atoms with Crippen molar-refractivity contribution < 1.29 is 36.2 Å². The van der Waals surface area contributed by atoms with Crippen molar-refractivity contribution in [1.29, 1.82) is 0 Å². The molecule has 1 heterocycles. The van der Waals surface area contributed by atoms with Crippen LogP contribution in [-0.2, 0) is 16.0 Å². The molecule has 0 spiro atoms. The van der Waals surface area contributed by atoms with E-state index in [1.54, 1.807) is 0 Å². The molecule has 4 nitrogen and oxygen atoms in total. The van der Waals surface area contributed by atoms with Crippen LogP contribution in [0.15, 0.2) is 6.07 Å². The molecular formula is C11H9F5INO3. The first-order chi connectivity index (χ1) is 9.64. The fourth-order valence-electron chi connectivity index (χ4n) is 1.35. The van der Waals surface area contributed by atoms with E-state index in [9.17, 15) is 26.7 Å². The highest BCUT2D eigenvalue weighted by Crippen LogP contribution is 2.32. The molecule has 1 aromatic heterocycles. The molecule has 0 bridgehead atoms. The average molecular weight is 425 g/mol. The molecule has 118 valence electrons. The summed E-state index contributed by atoms with van der Waals surface area (Å²) >= 11 is 1.44. The summed E-state index contributed by atoms with van der Waals surface area (Å²) in [6.45, 7) is 1.58. The molecule has 0 unspecified atom stereocenters. The third kappa shape index (κ3) is 5.59. The molecule has 0 saturated heterocycles. The predicted molar refractivity (Wildman–Crippen MR) is 68.9 cm³/mol. The summed E-state index contributed by atoms with van der Waals surface area (Å²) in [6, 6.07) is 0.495. The summed E-state index contributed by atoms with van der Waals surface area (Å²) in [5, 5.41) is 0. The molecule has 0 atom stereocenters. The van der Waals surface area contributed by atoms with Crippen LogP contribution in [0.3, 0.4) is 0 Å². The van der Waals surface area contributed by atoms with Gasteiger partial charge in [-0.1, -0.05) is 0 Å². The Morgan fingerprint density at radius 1 is 1.43 bits per heavy atom. The Bertz CT molecular complexity index is 521. The number of ether oxygens (including phenoxy) is 2. The van der Waals surface area contributed by atoms with Crippen LogP contribution in [0.5, 0.6) is 5.75 Å². The third-order valence-corrected chi connectivity index (χ3v) is 3.23. The monoisotopic (exact) mass is 425 g/mol. The first-order valence-corrected chi connectivity index (χ1v) is 6.60. The number of esters is 1. The van der Waals surface area contributed by atoms with Crippen molar-refractivity contribution in [2.75, 3.05) is 6.61 Å². The van der Waals surface area contributed by atoms with Crippen LogP contribution < -0.4 is 4.74 Å². The highest BCUT2D eigenvalue weighted by molar-refractivity contribution is 14.1. The Morgan fingerprint density at radius 3 is 2.52 bits per heavy atom. The van der Waals surface area contributed by atoms with Gasteiger partial charge in [-0.3, -0.25) is 4.79 Å². The minimum absolute atomic E-state index is 0.0514. The Kier molecular flexibility index (Phi) is 6.10. The van der Waals surface area contributed by atoms with Crippen molar-refractivity contribution in [2.24, 2.45) is 0 Å². The third-order valence-electron chi connectivity index (χ3n) is 2.08. The molecule has 0 aliphatic heterocycles. The summed E-state index contributed by atoms with van der Waals surface area (Å²) in [4.78, 5) is 14.8. The van der Waals surface area contributed by atoms with E-state index in [-0.39, 0.29) is 15.9 Å². The van der Waals surface area contributed by atoms with E-state index < -0.39 is 36.6 Å². The standard InChI is InChI=1S/C11H9F5INO3/c1-2-20-8(19)4-5-9(17)7(21-11(14,15)16)3-6(18-5)10(12)13/h3,10H,2,4H2,1H3. The van der Waals surface area contributed by atoms with E-state index in [1.165, 1.54) is 29.5 Å². The van der Waals surface area contributed by atoms with E-state index in [0.717, 1.165) is 0 Å². The number of halogens is 6. The summed E-state index contributed by atoms with van der Waals surface area (Å²) in [7, 11) is 0. The van der Waals surface area contributed by atoms with Crippen molar-refractivity contribution >= 4 is 28.6 Å². The number of pyridine rings is 1. The van der Waals surface area contributed by atoms with Crippen molar-refractivity contribution in [3.63, 3.8) is 0 Å². The number of rotatable bonds is 5. The van der Waals surface area contributed by atoms with E-state index in [2.05, 4.69) is 14.5 Å². The van der Waals surface area contributed by atoms with Crippen molar-refractivity contribution in [1.82, 2.24) is 4.98 Å². The number of nitrogens with zero attached hydrogens (tertiary/aromatic N) is 1.